The van der Waals surface area contributed by atoms with E-state index in [0.717, 1.165) is 22.3 Å². The van der Waals surface area contributed by atoms with Crippen molar-refractivity contribution in [1.82, 2.24) is 0 Å². The zero-order chi connectivity index (χ0) is 20.4. The minimum Gasteiger partial charge on any atom is -0.0696 e. The third kappa shape index (κ3) is 5.39. The van der Waals surface area contributed by atoms with Gasteiger partial charge in [-0.3, -0.25) is 0 Å². The Balaban J connectivity index is 1.48. The maximum atomic E-state index is 3.14. The first-order chi connectivity index (χ1) is 14.9. The highest BCUT2D eigenvalue weighted by Gasteiger charge is 1.96. The van der Waals surface area contributed by atoms with E-state index >= 15 is 0 Å². The minimum absolute atomic E-state index is 1.02. The summed E-state index contributed by atoms with van der Waals surface area (Å²) in [6.07, 6.45) is 7.89. The molecule has 0 amide bonds. The average molecular weight is 380 g/mol. The summed E-state index contributed by atoms with van der Waals surface area (Å²) >= 11 is 0. The maximum Gasteiger partial charge on any atom is 0.0248 e. The average Bonchev–Trinajstić information content (AvgIpc) is 2.81. The molecule has 0 unspecified atom stereocenters. The lowest BCUT2D eigenvalue weighted by Crippen LogP contribution is -1.78. The Labute approximate surface area is 178 Å². The van der Waals surface area contributed by atoms with Gasteiger partial charge in [0.25, 0.3) is 0 Å². The predicted molar refractivity (Wildman–Crippen MR) is 129 cm³/mol. The Morgan fingerprint density at radius 2 is 0.933 bits per heavy atom. The summed E-state index contributed by atoms with van der Waals surface area (Å²) in [7, 11) is 0. The third-order valence-electron chi connectivity index (χ3n) is 4.59. The molecule has 0 heterocycles. The first-order valence-corrected chi connectivity index (χ1v) is 9.87. The minimum atomic E-state index is 1.02. The van der Waals surface area contributed by atoms with Crippen molar-refractivity contribution in [2.45, 2.75) is 0 Å². The molecule has 140 valence electrons. The van der Waals surface area contributed by atoms with Crippen molar-refractivity contribution < 1.29 is 0 Å². The summed E-state index contributed by atoms with van der Waals surface area (Å²) in [5.74, 6) is 12.5. The number of hydrogen-bond acceptors (Lipinski definition) is 0. The van der Waals surface area contributed by atoms with Gasteiger partial charge in [0.05, 0.1) is 0 Å². The SMILES string of the molecule is C(#Cc1ccccc1)/C=C\c1ccc2ccc(/C=C\C#Cc3ccccc3)cc2c1. The van der Waals surface area contributed by atoms with E-state index < -0.39 is 0 Å². The van der Waals surface area contributed by atoms with Crippen molar-refractivity contribution in [3.05, 3.63) is 131 Å². The lowest BCUT2D eigenvalue weighted by Gasteiger charge is -2.01. The molecule has 4 aromatic carbocycles. The van der Waals surface area contributed by atoms with E-state index in [2.05, 4.69) is 60.1 Å². The predicted octanol–water partition coefficient (Wildman–Crippen LogP) is 6.97. The standard InChI is InChI=1S/C30H20/c1-3-11-25(12-4-1)15-7-9-17-27-19-21-29-22-20-28(24-30(29)23-27)18-10-8-16-26-13-5-2-6-14-26/h1-6,9-14,17-24H/b17-9-,18-10-. The van der Waals surface area contributed by atoms with Gasteiger partial charge >= 0.3 is 0 Å². The fourth-order valence-corrected chi connectivity index (χ4v) is 3.06. The van der Waals surface area contributed by atoms with Crippen LogP contribution < -0.4 is 0 Å². The van der Waals surface area contributed by atoms with Crippen molar-refractivity contribution in [2.24, 2.45) is 0 Å². The van der Waals surface area contributed by atoms with Gasteiger partial charge in [-0.2, -0.15) is 0 Å². The van der Waals surface area contributed by atoms with Gasteiger partial charge in [-0.05, 0) is 82.6 Å². The Kier molecular flexibility index (Phi) is 6.22. The Morgan fingerprint density at radius 1 is 0.467 bits per heavy atom. The van der Waals surface area contributed by atoms with Crippen molar-refractivity contribution in [3.8, 4) is 23.7 Å². The molecule has 30 heavy (non-hydrogen) atoms. The number of allylic oxidation sites excluding steroid dienone is 2. The van der Waals surface area contributed by atoms with Crippen LogP contribution in [0.2, 0.25) is 0 Å². The second-order valence-electron chi connectivity index (χ2n) is 6.80. The van der Waals surface area contributed by atoms with Crippen LogP contribution in [0, 0.1) is 23.7 Å². The van der Waals surface area contributed by atoms with E-state index in [4.69, 9.17) is 0 Å². The molecule has 0 atom stereocenters. The third-order valence-corrected chi connectivity index (χ3v) is 4.59. The molecule has 4 aromatic rings. The zero-order valence-electron chi connectivity index (χ0n) is 16.5. The molecule has 0 radical (unpaired) electrons. The lowest BCUT2D eigenvalue weighted by molar-refractivity contribution is 1.65. The number of rotatable bonds is 2. The summed E-state index contributed by atoms with van der Waals surface area (Å²) in [5, 5.41) is 2.42. The van der Waals surface area contributed by atoms with Crippen LogP contribution in [-0.4, -0.2) is 0 Å². The summed E-state index contributed by atoms with van der Waals surface area (Å²) in [4.78, 5) is 0. The molecule has 4 rings (SSSR count). The van der Waals surface area contributed by atoms with Gasteiger partial charge in [0, 0.05) is 11.1 Å². The molecule has 0 nitrogen and oxygen atoms in total. The highest BCUT2D eigenvalue weighted by Crippen LogP contribution is 2.19. The van der Waals surface area contributed by atoms with E-state index in [1.165, 1.54) is 10.8 Å². The van der Waals surface area contributed by atoms with Crippen LogP contribution in [0.4, 0.5) is 0 Å². The molecule has 0 spiro atoms. The van der Waals surface area contributed by atoms with Gasteiger partial charge in [0.1, 0.15) is 0 Å². The molecule has 0 bridgehead atoms. The second-order valence-corrected chi connectivity index (χ2v) is 6.80. The quantitative estimate of drug-likeness (QED) is 0.329. The largest absolute Gasteiger partial charge is 0.0696 e. The molecular weight excluding hydrogens is 360 g/mol. The zero-order valence-corrected chi connectivity index (χ0v) is 16.5. The number of fused-ring (bicyclic) bond motifs is 1. The first-order valence-electron chi connectivity index (χ1n) is 9.87. The van der Waals surface area contributed by atoms with Gasteiger partial charge in [-0.1, -0.05) is 84.3 Å². The summed E-state index contributed by atoms with van der Waals surface area (Å²) in [6.45, 7) is 0. The van der Waals surface area contributed by atoms with Crippen LogP contribution >= 0.6 is 0 Å². The van der Waals surface area contributed by atoms with Gasteiger partial charge < -0.3 is 0 Å². The molecule has 0 saturated heterocycles. The van der Waals surface area contributed by atoms with Gasteiger partial charge in [0.15, 0.2) is 0 Å². The summed E-state index contributed by atoms with van der Waals surface area (Å²) in [6, 6.07) is 32.9. The van der Waals surface area contributed by atoms with Gasteiger partial charge in [0.2, 0.25) is 0 Å². The maximum absolute atomic E-state index is 3.14. The fraction of sp³-hybridized carbons (Fsp3) is 0. The Bertz CT molecular complexity index is 1210. The van der Waals surface area contributed by atoms with Crippen molar-refractivity contribution in [1.29, 1.82) is 0 Å². The molecule has 0 aliphatic rings. The Hall–Kier alpha value is -4.26. The van der Waals surface area contributed by atoms with E-state index in [0.29, 0.717) is 0 Å². The summed E-state index contributed by atoms with van der Waals surface area (Å²) in [5.41, 5.74) is 4.31. The van der Waals surface area contributed by atoms with Crippen LogP contribution in [0.15, 0.2) is 109 Å². The number of hydrogen-bond donors (Lipinski definition) is 0. The van der Waals surface area contributed by atoms with Crippen molar-refractivity contribution >= 4 is 22.9 Å². The van der Waals surface area contributed by atoms with E-state index in [1.54, 1.807) is 0 Å². The molecule has 0 N–H and O–H groups in total. The smallest absolute Gasteiger partial charge is 0.0248 e. The van der Waals surface area contributed by atoms with Crippen LogP contribution in [0.1, 0.15) is 22.3 Å². The topological polar surface area (TPSA) is 0 Å². The van der Waals surface area contributed by atoms with E-state index in [1.807, 2.05) is 85.0 Å². The highest BCUT2D eigenvalue weighted by molar-refractivity contribution is 5.87. The molecular formula is C30H20. The van der Waals surface area contributed by atoms with Crippen LogP contribution in [0.3, 0.4) is 0 Å². The monoisotopic (exact) mass is 380 g/mol. The van der Waals surface area contributed by atoms with E-state index in [-0.39, 0.29) is 0 Å². The van der Waals surface area contributed by atoms with Crippen LogP contribution in [0.25, 0.3) is 22.9 Å². The molecule has 0 aliphatic carbocycles. The van der Waals surface area contributed by atoms with Crippen molar-refractivity contribution in [3.63, 3.8) is 0 Å². The van der Waals surface area contributed by atoms with E-state index in [9.17, 15) is 0 Å². The van der Waals surface area contributed by atoms with Crippen molar-refractivity contribution in [2.75, 3.05) is 0 Å². The normalized spacial score (nSPS) is 10.5. The van der Waals surface area contributed by atoms with Gasteiger partial charge in [-0.25, -0.2) is 0 Å². The molecule has 0 heteroatoms. The van der Waals surface area contributed by atoms with Crippen LogP contribution in [0.5, 0.6) is 0 Å². The highest BCUT2D eigenvalue weighted by atomic mass is 14.0. The second kappa shape index (κ2) is 9.79. The first kappa shape index (κ1) is 19.1. The molecule has 0 fully saturated rings. The molecule has 0 aliphatic heterocycles. The van der Waals surface area contributed by atoms with Gasteiger partial charge in [-0.15, -0.1) is 0 Å². The number of benzene rings is 4. The fourth-order valence-electron chi connectivity index (χ4n) is 3.06. The summed E-state index contributed by atoms with van der Waals surface area (Å²) < 4.78 is 0. The Morgan fingerprint density at radius 3 is 1.40 bits per heavy atom. The molecule has 0 aromatic heterocycles. The van der Waals surface area contributed by atoms with Crippen LogP contribution in [-0.2, 0) is 0 Å². The lowest BCUT2D eigenvalue weighted by atomic mass is 10.0. The molecule has 0 saturated carbocycles.